The molecule has 2 rings (SSSR count). The van der Waals surface area contributed by atoms with Crippen LogP contribution >= 0.6 is 46.1 Å². The molecule has 120 valence electrons. The van der Waals surface area contributed by atoms with E-state index in [1.807, 2.05) is 0 Å². The van der Waals surface area contributed by atoms with Crippen LogP contribution in [0.1, 0.15) is 42.2 Å². The summed E-state index contributed by atoms with van der Waals surface area (Å²) in [4.78, 5) is 12.8. The average Bonchev–Trinajstić information content (AvgIpc) is 2.82. The Morgan fingerprint density at radius 1 is 1.41 bits per heavy atom. The number of anilines is 1. The highest BCUT2D eigenvalue weighted by Gasteiger charge is 2.35. The number of nitriles is 1. The second kappa shape index (κ2) is 7.27. The minimum atomic E-state index is -1.72. The molecule has 1 atom stereocenters. The first kappa shape index (κ1) is 17.7. The lowest BCUT2D eigenvalue weighted by atomic mass is 9.96. The number of halogens is 3. The predicted octanol–water partition coefficient (Wildman–Crippen LogP) is 4.13. The molecule has 1 aliphatic carbocycles. The van der Waals surface area contributed by atoms with Gasteiger partial charge in [0.2, 0.25) is 9.70 Å². The number of hydrogen-bond acceptors (Lipinski definition) is 4. The number of carbonyl (C=O) groups is 1. The Morgan fingerprint density at radius 3 is 2.68 bits per heavy atom. The molecule has 1 heterocycles. The number of nitrogens with one attached hydrogen (secondary N) is 2. The van der Waals surface area contributed by atoms with Gasteiger partial charge >= 0.3 is 0 Å². The average molecular weight is 381 g/mol. The first-order valence-electron chi connectivity index (χ1n) is 7.04. The Kier molecular flexibility index (Phi) is 5.84. The van der Waals surface area contributed by atoms with Crippen LogP contribution in [-0.4, -0.2) is 15.9 Å². The summed E-state index contributed by atoms with van der Waals surface area (Å²) in [6.45, 7) is 1.72. The van der Waals surface area contributed by atoms with Crippen molar-refractivity contribution < 1.29 is 4.79 Å². The zero-order valence-corrected chi connectivity index (χ0v) is 15.1. The van der Waals surface area contributed by atoms with Gasteiger partial charge in [0.15, 0.2) is 0 Å². The van der Waals surface area contributed by atoms with Crippen LogP contribution in [0.2, 0.25) is 0 Å². The Balaban J connectivity index is 2.28. The van der Waals surface area contributed by atoms with Gasteiger partial charge in [-0.1, -0.05) is 41.7 Å². The van der Waals surface area contributed by atoms with Crippen LogP contribution in [0.3, 0.4) is 0 Å². The van der Waals surface area contributed by atoms with E-state index in [4.69, 9.17) is 34.8 Å². The monoisotopic (exact) mass is 379 g/mol. The Bertz CT molecular complexity index is 604. The minimum Gasteiger partial charge on any atom is -0.352 e. The highest BCUT2D eigenvalue weighted by molar-refractivity contribution is 7.16. The fraction of sp³-hybridized carbons (Fsp3) is 0.571. The summed E-state index contributed by atoms with van der Waals surface area (Å²) in [5, 5.41) is 15.8. The molecule has 0 saturated carbocycles. The predicted molar refractivity (Wildman–Crippen MR) is 91.8 cm³/mol. The fourth-order valence-electron chi connectivity index (χ4n) is 2.38. The molecule has 1 unspecified atom stereocenters. The lowest BCUT2D eigenvalue weighted by molar-refractivity contribution is -0.121. The van der Waals surface area contributed by atoms with E-state index in [9.17, 15) is 10.1 Å². The molecule has 0 radical (unpaired) electrons. The van der Waals surface area contributed by atoms with E-state index >= 15 is 0 Å². The van der Waals surface area contributed by atoms with Crippen LogP contribution in [0.4, 0.5) is 5.00 Å². The van der Waals surface area contributed by atoms with Gasteiger partial charge in [-0.25, -0.2) is 0 Å². The van der Waals surface area contributed by atoms with Gasteiger partial charge in [-0.3, -0.25) is 4.79 Å². The molecule has 2 N–H and O–H groups in total. The van der Waals surface area contributed by atoms with Crippen LogP contribution in [0.5, 0.6) is 0 Å². The smallest absolute Gasteiger partial charge is 0.228 e. The number of amides is 1. The Hall–Kier alpha value is -0.670. The zero-order chi connectivity index (χ0) is 16.3. The van der Waals surface area contributed by atoms with Crippen LogP contribution in [0.15, 0.2) is 0 Å². The van der Waals surface area contributed by atoms with Crippen molar-refractivity contribution >= 4 is 57.0 Å². The first-order valence-corrected chi connectivity index (χ1v) is 8.99. The quantitative estimate of drug-likeness (QED) is 0.609. The van der Waals surface area contributed by atoms with Gasteiger partial charge in [0.05, 0.1) is 5.56 Å². The number of rotatable bonds is 4. The number of thiophene rings is 1. The van der Waals surface area contributed by atoms with Gasteiger partial charge in [-0.15, -0.1) is 11.3 Å². The Labute approximate surface area is 148 Å². The van der Waals surface area contributed by atoms with Crippen LogP contribution in [0.25, 0.3) is 0 Å². The molecule has 0 aromatic carbocycles. The van der Waals surface area contributed by atoms with E-state index in [1.165, 1.54) is 16.2 Å². The first-order chi connectivity index (χ1) is 10.4. The minimum absolute atomic E-state index is 0.233. The van der Waals surface area contributed by atoms with Crippen LogP contribution in [-0.2, 0) is 17.6 Å². The van der Waals surface area contributed by atoms with Gasteiger partial charge < -0.3 is 10.6 Å². The van der Waals surface area contributed by atoms with Crippen LogP contribution in [0, 0.1) is 11.3 Å². The normalized spacial score (nSPS) is 15.6. The molecule has 0 fully saturated rings. The number of aryl methyl sites for hydroxylation is 1. The summed E-state index contributed by atoms with van der Waals surface area (Å²) < 4.78 is -1.72. The molecule has 8 heteroatoms. The lowest BCUT2D eigenvalue weighted by Gasteiger charge is -2.26. The van der Waals surface area contributed by atoms with Crippen molar-refractivity contribution in [3.05, 3.63) is 16.0 Å². The van der Waals surface area contributed by atoms with E-state index < -0.39 is 9.96 Å². The molecule has 22 heavy (non-hydrogen) atoms. The molecular weight excluding hydrogens is 365 g/mol. The van der Waals surface area contributed by atoms with Crippen molar-refractivity contribution in [3.8, 4) is 6.07 Å². The molecule has 0 aliphatic heterocycles. The molecule has 1 aromatic heterocycles. The molecule has 1 aromatic rings. The van der Waals surface area contributed by atoms with E-state index in [0.29, 0.717) is 10.6 Å². The molecule has 1 aliphatic rings. The second-order valence-electron chi connectivity index (χ2n) is 5.07. The summed E-state index contributed by atoms with van der Waals surface area (Å²) in [7, 11) is 0. The highest BCUT2D eigenvalue weighted by atomic mass is 35.6. The van der Waals surface area contributed by atoms with Crippen molar-refractivity contribution in [1.82, 2.24) is 5.32 Å². The van der Waals surface area contributed by atoms with Crippen molar-refractivity contribution in [1.29, 1.82) is 5.26 Å². The SMILES string of the molecule is CCC(=O)NC(Nc1sc2c(c1C#N)CCCC2)C(Cl)(Cl)Cl. The number of alkyl halides is 3. The molecule has 4 nitrogen and oxygen atoms in total. The number of carbonyl (C=O) groups excluding carboxylic acids is 1. The van der Waals surface area contributed by atoms with Gasteiger partial charge in [0, 0.05) is 11.3 Å². The van der Waals surface area contributed by atoms with Crippen molar-refractivity contribution in [2.75, 3.05) is 5.32 Å². The third-order valence-corrected chi connectivity index (χ3v) is 5.39. The maximum atomic E-state index is 11.6. The van der Waals surface area contributed by atoms with E-state index in [-0.39, 0.29) is 12.3 Å². The number of nitrogens with zero attached hydrogens (tertiary/aromatic N) is 1. The second-order valence-corrected chi connectivity index (χ2v) is 8.54. The van der Waals surface area contributed by atoms with E-state index in [2.05, 4.69) is 16.7 Å². The van der Waals surface area contributed by atoms with E-state index in [1.54, 1.807) is 6.92 Å². The maximum absolute atomic E-state index is 11.6. The molecule has 0 bridgehead atoms. The van der Waals surface area contributed by atoms with Crippen LogP contribution < -0.4 is 10.6 Å². The van der Waals surface area contributed by atoms with Gasteiger partial charge in [-0.2, -0.15) is 5.26 Å². The zero-order valence-electron chi connectivity index (χ0n) is 12.0. The van der Waals surface area contributed by atoms with Gasteiger partial charge in [0.1, 0.15) is 17.2 Å². The van der Waals surface area contributed by atoms with E-state index in [0.717, 1.165) is 31.2 Å². The summed E-state index contributed by atoms with van der Waals surface area (Å²) >= 11 is 19.3. The number of fused-ring (bicyclic) bond motifs is 1. The largest absolute Gasteiger partial charge is 0.352 e. The molecule has 0 spiro atoms. The lowest BCUT2D eigenvalue weighted by Crippen LogP contribution is -2.48. The van der Waals surface area contributed by atoms with Crippen molar-refractivity contribution in [3.63, 3.8) is 0 Å². The molecule has 1 amide bonds. The summed E-state index contributed by atoms with van der Waals surface area (Å²) in [6.07, 6.45) is 3.46. The van der Waals surface area contributed by atoms with Crippen molar-refractivity contribution in [2.24, 2.45) is 0 Å². The maximum Gasteiger partial charge on any atom is 0.228 e. The summed E-state index contributed by atoms with van der Waals surface area (Å²) in [5.74, 6) is -0.233. The standard InChI is InChI=1S/C14H16Cl3N3OS/c1-2-11(21)19-13(14(15,16)17)20-12-9(7-18)8-5-3-4-6-10(8)22-12/h13,20H,2-6H2,1H3,(H,19,21). The van der Waals surface area contributed by atoms with Gasteiger partial charge in [-0.05, 0) is 31.2 Å². The third kappa shape index (κ3) is 3.99. The van der Waals surface area contributed by atoms with Gasteiger partial charge in [0.25, 0.3) is 0 Å². The third-order valence-electron chi connectivity index (χ3n) is 3.51. The fourth-order valence-corrected chi connectivity index (χ4v) is 3.97. The Morgan fingerprint density at radius 2 is 2.09 bits per heavy atom. The number of hydrogen-bond donors (Lipinski definition) is 2. The molecular formula is C14H16Cl3N3OS. The summed E-state index contributed by atoms with van der Waals surface area (Å²) in [6, 6.07) is 2.23. The topological polar surface area (TPSA) is 64.9 Å². The highest BCUT2D eigenvalue weighted by Crippen LogP contribution is 2.40. The summed E-state index contributed by atoms with van der Waals surface area (Å²) in [5.41, 5.74) is 1.69. The molecule has 0 saturated heterocycles. The van der Waals surface area contributed by atoms with Crippen molar-refractivity contribution in [2.45, 2.75) is 49.0 Å².